The van der Waals surface area contributed by atoms with Crippen LogP contribution in [0.15, 0.2) is 84.9 Å². The fourth-order valence-corrected chi connectivity index (χ4v) is 3.87. The van der Waals surface area contributed by atoms with Gasteiger partial charge in [0.25, 0.3) is 5.91 Å². The Kier molecular flexibility index (Phi) is 4.45. The van der Waals surface area contributed by atoms with E-state index in [-0.39, 0.29) is 11.9 Å². The molecule has 1 amide bonds. The average molecular weight is 370 g/mol. The van der Waals surface area contributed by atoms with Gasteiger partial charge in [0.05, 0.1) is 0 Å². The van der Waals surface area contributed by atoms with Gasteiger partial charge in [-0.05, 0) is 28.7 Å². The number of hydrogen-bond donors (Lipinski definition) is 2. The van der Waals surface area contributed by atoms with Crippen molar-refractivity contribution in [3.8, 4) is 0 Å². The topological polar surface area (TPSA) is 73.4 Å². The van der Waals surface area contributed by atoms with Crippen LogP contribution in [0.2, 0.25) is 0 Å². The van der Waals surface area contributed by atoms with Gasteiger partial charge in [-0.1, -0.05) is 84.9 Å². The number of amides is 1. The lowest BCUT2D eigenvalue weighted by molar-refractivity contribution is -0.131. The van der Waals surface area contributed by atoms with Gasteiger partial charge in [-0.3, -0.25) is 20.1 Å². The van der Waals surface area contributed by atoms with Crippen molar-refractivity contribution in [3.63, 3.8) is 0 Å². The normalized spacial score (nSPS) is 19.4. The zero-order chi connectivity index (χ0) is 19.7. The monoisotopic (exact) mass is 370 g/mol. The number of hydrogen-bond acceptors (Lipinski definition) is 3. The van der Waals surface area contributed by atoms with Gasteiger partial charge in [-0.2, -0.15) is 0 Å². The van der Waals surface area contributed by atoms with Gasteiger partial charge in [0.2, 0.25) is 5.96 Å². The third kappa shape index (κ3) is 2.68. The Hall–Kier alpha value is -3.44. The Morgan fingerprint density at radius 2 is 1.43 bits per heavy atom. The van der Waals surface area contributed by atoms with E-state index in [2.05, 4.69) is 12.1 Å². The number of benzene rings is 3. The van der Waals surface area contributed by atoms with E-state index in [1.165, 1.54) is 15.5 Å². The molecular weight excluding hydrogens is 348 g/mol. The minimum Gasteiger partial charge on any atom is -0.282 e. The van der Waals surface area contributed by atoms with Crippen LogP contribution >= 0.6 is 0 Å². The molecule has 0 bridgehead atoms. The molecule has 1 aliphatic rings. The molecule has 1 saturated heterocycles. The van der Waals surface area contributed by atoms with Gasteiger partial charge in [-0.25, -0.2) is 5.84 Å². The molecule has 0 saturated carbocycles. The molecule has 140 valence electrons. The second-order valence-corrected chi connectivity index (χ2v) is 7.00. The minimum absolute atomic E-state index is 0.0256. The molecule has 5 nitrogen and oxygen atoms in total. The highest BCUT2D eigenvalue weighted by Crippen LogP contribution is 2.40. The molecule has 28 heavy (non-hydrogen) atoms. The van der Waals surface area contributed by atoms with Crippen molar-refractivity contribution in [1.29, 1.82) is 5.41 Å². The predicted molar refractivity (Wildman–Crippen MR) is 109 cm³/mol. The van der Waals surface area contributed by atoms with Gasteiger partial charge < -0.3 is 0 Å². The van der Waals surface area contributed by atoms with E-state index in [9.17, 15) is 4.79 Å². The van der Waals surface area contributed by atoms with Crippen LogP contribution in [0.3, 0.4) is 0 Å². The number of nitrogens with one attached hydrogen (secondary N) is 1. The van der Waals surface area contributed by atoms with Crippen LogP contribution in [0.1, 0.15) is 22.3 Å². The number of nitrogens with two attached hydrogens (primary N) is 1. The van der Waals surface area contributed by atoms with Crippen molar-refractivity contribution < 1.29 is 4.79 Å². The summed E-state index contributed by atoms with van der Waals surface area (Å²) in [5.74, 6) is 6.09. The molecule has 0 spiro atoms. The quantitative estimate of drug-likeness (QED) is 0.693. The Morgan fingerprint density at radius 3 is 2.04 bits per heavy atom. The zero-order valence-corrected chi connectivity index (χ0v) is 15.7. The van der Waals surface area contributed by atoms with Crippen LogP contribution in [0, 0.1) is 5.41 Å². The van der Waals surface area contributed by atoms with Crippen molar-refractivity contribution >= 4 is 11.9 Å². The zero-order valence-electron chi connectivity index (χ0n) is 15.7. The number of hydrazine groups is 1. The Labute approximate surface area is 164 Å². The molecule has 0 radical (unpaired) electrons. The summed E-state index contributed by atoms with van der Waals surface area (Å²) < 4.78 is 0. The molecule has 1 aliphatic heterocycles. The summed E-state index contributed by atoms with van der Waals surface area (Å²) in [6.45, 7) is 0. The maximum absolute atomic E-state index is 13.4. The standard InChI is InChI=1S/C23H22N4O/c1-26-21(28)23(27(25)22(26)24,19-12-6-3-7-13-19)20-14-8-11-18(16-20)15-17-9-4-2-5-10-17/h2-14,16,24H,15,25H2,1H3. The smallest absolute Gasteiger partial charge is 0.265 e. The second-order valence-electron chi connectivity index (χ2n) is 7.00. The van der Waals surface area contributed by atoms with Gasteiger partial charge >= 0.3 is 0 Å². The van der Waals surface area contributed by atoms with Crippen molar-refractivity contribution in [3.05, 3.63) is 107 Å². The summed E-state index contributed by atoms with van der Waals surface area (Å²) in [5, 5.41) is 9.55. The number of carbonyl (C=O) groups excluding carboxylic acids is 1. The van der Waals surface area contributed by atoms with Crippen LogP contribution in [-0.2, 0) is 16.8 Å². The molecule has 1 unspecified atom stereocenters. The molecule has 1 atom stereocenters. The van der Waals surface area contributed by atoms with Crippen molar-refractivity contribution in [2.45, 2.75) is 12.0 Å². The van der Waals surface area contributed by atoms with Crippen LogP contribution in [0.25, 0.3) is 0 Å². The van der Waals surface area contributed by atoms with Crippen LogP contribution < -0.4 is 5.84 Å². The van der Waals surface area contributed by atoms with E-state index in [0.29, 0.717) is 0 Å². The molecule has 1 fully saturated rings. The largest absolute Gasteiger partial charge is 0.282 e. The van der Waals surface area contributed by atoms with Crippen molar-refractivity contribution in [1.82, 2.24) is 9.91 Å². The summed E-state index contributed by atoms with van der Waals surface area (Å²) in [4.78, 5) is 14.7. The minimum atomic E-state index is -1.25. The third-order valence-corrected chi connectivity index (χ3v) is 5.31. The van der Waals surface area contributed by atoms with E-state index in [1.807, 2.05) is 72.8 Å². The summed E-state index contributed by atoms with van der Waals surface area (Å²) in [6, 6.07) is 27.5. The maximum Gasteiger partial charge on any atom is 0.265 e. The Bertz CT molecular complexity index is 1020. The van der Waals surface area contributed by atoms with E-state index < -0.39 is 5.54 Å². The summed E-state index contributed by atoms with van der Waals surface area (Å²) in [5.41, 5.74) is 2.53. The predicted octanol–water partition coefficient (Wildman–Crippen LogP) is 3.10. The molecule has 3 aromatic carbocycles. The highest BCUT2D eigenvalue weighted by molar-refractivity contribution is 6.09. The lowest BCUT2D eigenvalue weighted by Gasteiger charge is -2.34. The molecule has 5 heteroatoms. The van der Waals surface area contributed by atoms with E-state index in [4.69, 9.17) is 11.3 Å². The fourth-order valence-electron chi connectivity index (χ4n) is 3.87. The number of nitrogens with zero attached hydrogens (tertiary/aromatic N) is 2. The summed E-state index contributed by atoms with van der Waals surface area (Å²) >= 11 is 0. The van der Waals surface area contributed by atoms with Crippen LogP contribution in [-0.4, -0.2) is 28.8 Å². The third-order valence-electron chi connectivity index (χ3n) is 5.31. The van der Waals surface area contributed by atoms with Crippen molar-refractivity contribution in [2.75, 3.05) is 7.05 Å². The van der Waals surface area contributed by atoms with Gasteiger partial charge in [0, 0.05) is 7.05 Å². The lowest BCUT2D eigenvalue weighted by atomic mass is 9.81. The SMILES string of the molecule is CN1C(=N)N(N)C(c2ccccc2)(c2cccc(Cc3ccccc3)c2)C1=O. The molecule has 4 rings (SSSR count). The van der Waals surface area contributed by atoms with E-state index in [1.54, 1.807) is 7.05 Å². The van der Waals surface area contributed by atoms with E-state index in [0.717, 1.165) is 23.1 Å². The van der Waals surface area contributed by atoms with Gasteiger partial charge in [0.15, 0.2) is 5.54 Å². The molecule has 3 N–H and O–H groups in total. The molecule has 0 aliphatic carbocycles. The molecule has 0 aromatic heterocycles. The summed E-state index contributed by atoms with van der Waals surface area (Å²) in [6.07, 6.45) is 0.756. The summed E-state index contributed by atoms with van der Waals surface area (Å²) in [7, 11) is 1.59. The average Bonchev–Trinajstić information content (AvgIpc) is 2.91. The second kappa shape index (κ2) is 6.94. The number of guanidine groups is 1. The number of rotatable bonds is 4. The first-order valence-corrected chi connectivity index (χ1v) is 9.15. The van der Waals surface area contributed by atoms with Crippen molar-refractivity contribution in [2.24, 2.45) is 5.84 Å². The highest BCUT2D eigenvalue weighted by atomic mass is 16.2. The number of carbonyl (C=O) groups is 1. The van der Waals surface area contributed by atoms with Crippen LogP contribution in [0.4, 0.5) is 0 Å². The first-order chi connectivity index (χ1) is 13.5. The van der Waals surface area contributed by atoms with E-state index >= 15 is 0 Å². The van der Waals surface area contributed by atoms with Gasteiger partial charge in [-0.15, -0.1) is 0 Å². The highest BCUT2D eigenvalue weighted by Gasteiger charge is 2.56. The lowest BCUT2D eigenvalue weighted by Crippen LogP contribution is -2.51. The first kappa shape index (κ1) is 17.9. The Balaban J connectivity index is 1.86. The fraction of sp³-hybridized carbons (Fsp3) is 0.130. The first-order valence-electron chi connectivity index (χ1n) is 9.15. The van der Waals surface area contributed by atoms with Gasteiger partial charge in [0.1, 0.15) is 0 Å². The van der Waals surface area contributed by atoms with Crippen LogP contribution in [0.5, 0.6) is 0 Å². The Morgan fingerprint density at radius 1 is 0.857 bits per heavy atom. The number of likely N-dealkylation sites (N-methyl/N-ethyl adjacent to an activating group) is 1. The molecule has 1 heterocycles. The molecule has 3 aromatic rings. The molecular formula is C23H22N4O. The maximum atomic E-state index is 13.4.